The first-order valence-corrected chi connectivity index (χ1v) is 8.71. The lowest BCUT2D eigenvalue weighted by Gasteiger charge is -2.23. The molecule has 114 valence electrons. The molecule has 0 fully saturated rings. The number of thiazole rings is 1. The van der Waals surface area contributed by atoms with E-state index >= 15 is 0 Å². The number of anilines is 1. The summed E-state index contributed by atoms with van der Waals surface area (Å²) in [5.74, 6) is 0.399. The molecule has 0 saturated carbocycles. The normalized spacial score (nSPS) is 12.3. The molecule has 9 heteroatoms. The van der Waals surface area contributed by atoms with Crippen molar-refractivity contribution in [3.8, 4) is 0 Å². The Morgan fingerprint density at radius 2 is 1.90 bits per heavy atom. The van der Waals surface area contributed by atoms with Crippen LogP contribution < -0.4 is 10.0 Å². The predicted octanol–water partition coefficient (Wildman–Crippen LogP) is 1.58. The molecule has 0 aromatic carbocycles. The fourth-order valence-corrected chi connectivity index (χ4v) is 3.73. The van der Waals surface area contributed by atoms with Crippen LogP contribution in [-0.2, 0) is 15.6 Å². The highest BCUT2D eigenvalue weighted by Crippen LogP contribution is 2.24. The summed E-state index contributed by atoms with van der Waals surface area (Å²) in [5, 5.41) is 5.41. The summed E-state index contributed by atoms with van der Waals surface area (Å²) in [4.78, 5) is 12.1. The lowest BCUT2D eigenvalue weighted by molar-refractivity contribution is 0.469. The van der Waals surface area contributed by atoms with Gasteiger partial charge in [-0.05, 0) is 20.8 Å². The molecule has 2 rings (SSSR count). The maximum absolute atomic E-state index is 12.4. The summed E-state index contributed by atoms with van der Waals surface area (Å²) >= 11 is 1.40. The molecule has 0 spiro atoms. The maximum atomic E-state index is 12.4. The first-order chi connectivity index (χ1) is 9.85. The zero-order valence-electron chi connectivity index (χ0n) is 12.0. The smallest absolute Gasteiger partial charge is 0.244 e. The third kappa shape index (κ3) is 3.74. The maximum Gasteiger partial charge on any atom is 0.244 e. The highest BCUT2D eigenvalue weighted by atomic mass is 32.2. The van der Waals surface area contributed by atoms with E-state index in [2.05, 4.69) is 25.0 Å². The van der Waals surface area contributed by atoms with E-state index in [0.717, 1.165) is 0 Å². The van der Waals surface area contributed by atoms with Crippen LogP contribution >= 0.6 is 11.3 Å². The number of hydrogen-bond acceptors (Lipinski definition) is 7. The fraction of sp³-hybridized carbons (Fsp3) is 0.417. The summed E-state index contributed by atoms with van der Waals surface area (Å²) in [5.41, 5.74) is -0.798. The van der Waals surface area contributed by atoms with Gasteiger partial charge in [0.2, 0.25) is 16.0 Å². The van der Waals surface area contributed by atoms with Gasteiger partial charge in [0.25, 0.3) is 0 Å². The quantitative estimate of drug-likeness (QED) is 0.836. The highest BCUT2D eigenvalue weighted by molar-refractivity contribution is 7.89. The van der Waals surface area contributed by atoms with Crippen molar-refractivity contribution in [2.24, 2.45) is 0 Å². The zero-order chi connectivity index (χ0) is 15.5. The van der Waals surface area contributed by atoms with E-state index in [0.29, 0.717) is 17.5 Å². The Bertz CT molecular complexity index is 681. The van der Waals surface area contributed by atoms with Gasteiger partial charge in [0.1, 0.15) is 9.90 Å². The van der Waals surface area contributed by atoms with Gasteiger partial charge in [-0.1, -0.05) is 0 Å². The number of hydrogen-bond donors (Lipinski definition) is 2. The predicted molar refractivity (Wildman–Crippen MR) is 81.7 cm³/mol. The van der Waals surface area contributed by atoms with E-state index in [1.807, 2.05) is 6.92 Å². The van der Waals surface area contributed by atoms with Crippen LogP contribution in [-0.4, -0.2) is 29.9 Å². The van der Waals surface area contributed by atoms with Crippen LogP contribution in [0.3, 0.4) is 0 Å². The van der Waals surface area contributed by atoms with Crippen LogP contribution in [0.2, 0.25) is 0 Å². The van der Waals surface area contributed by atoms with Crippen LogP contribution in [0.25, 0.3) is 0 Å². The van der Waals surface area contributed by atoms with Crippen molar-refractivity contribution in [2.45, 2.75) is 31.2 Å². The van der Waals surface area contributed by atoms with Gasteiger partial charge in [0.05, 0.1) is 17.9 Å². The number of nitrogens with zero attached hydrogens (tertiary/aromatic N) is 3. The zero-order valence-corrected chi connectivity index (χ0v) is 13.6. The molecule has 0 aliphatic heterocycles. The molecule has 7 nitrogen and oxygen atoms in total. The molecule has 21 heavy (non-hydrogen) atoms. The Morgan fingerprint density at radius 3 is 2.43 bits per heavy atom. The standard InChI is InChI=1S/C12H17N5O2S2/c1-4-13-11-15-7-9(8-16-11)21(18,19)17-12(2,3)10-14-5-6-20-10/h5-8,17H,4H2,1-3H3,(H,13,15,16). The minimum absolute atomic E-state index is 0.0220. The van der Waals surface area contributed by atoms with Crippen molar-refractivity contribution in [3.63, 3.8) is 0 Å². The summed E-state index contributed by atoms with van der Waals surface area (Å²) in [6.07, 6.45) is 4.21. The minimum atomic E-state index is -3.71. The van der Waals surface area contributed by atoms with Crippen LogP contribution in [0.5, 0.6) is 0 Å². The van der Waals surface area contributed by atoms with Gasteiger partial charge in [-0.15, -0.1) is 11.3 Å². The second-order valence-electron chi connectivity index (χ2n) is 4.84. The largest absolute Gasteiger partial charge is 0.355 e. The Labute approximate surface area is 127 Å². The van der Waals surface area contributed by atoms with E-state index in [9.17, 15) is 8.42 Å². The van der Waals surface area contributed by atoms with Gasteiger partial charge in [-0.25, -0.2) is 23.4 Å². The number of aromatic nitrogens is 3. The SMILES string of the molecule is CCNc1ncc(S(=O)(=O)NC(C)(C)c2nccs2)cn1. The van der Waals surface area contributed by atoms with Crippen molar-refractivity contribution >= 4 is 27.3 Å². The molecule has 2 heterocycles. The van der Waals surface area contributed by atoms with E-state index in [4.69, 9.17) is 0 Å². The molecule has 2 N–H and O–H groups in total. The Kier molecular flexibility index (Phi) is 4.55. The third-order valence-corrected chi connectivity index (χ3v) is 5.34. The molecule has 0 amide bonds. The fourth-order valence-electron chi connectivity index (χ4n) is 1.67. The van der Waals surface area contributed by atoms with Crippen LogP contribution in [0.4, 0.5) is 5.95 Å². The van der Waals surface area contributed by atoms with Gasteiger partial charge in [-0.2, -0.15) is 4.72 Å². The molecule has 0 unspecified atom stereocenters. The average Bonchev–Trinajstić information content (AvgIpc) is 2.93. The Morgan fingerprint density at radius 1 is 1.24 bits per heavy atom. The highest BCUT2D eigenvalue weighted by Gasteiger charge is 2.30. The third-order valence-electron chi connectivity index (χ3n) is 2.63. The molecular weight excluding hydrogens is 310 g/mol. The van der Waals surface area contributed by atoms with Gasteiger partial charge >= 0.3 is 0 Å². The molecule has 2 aromatic rings. The summed E-state index contributed by atoms with van der Waals surface area (Å²) < 4.78 is 27.4. The molecular formula is C12H17N5O2S2. The average molecular weight is 327 g/mol. The lowest BCUT2D eigenvalue weighted by atomic mass is 10.1. The van der Waals surface area contributed by atoms with Crippen molar-refractivity contribution < 1.29 is 8.42 Å². The van der Waals surface area contributed by atoms with E-state index < -0.39 is 15.6 Å². The van der Waals surface area contributed by atoms with Crippen molar-refractivity contribution in [1.29, 1.82) is 0 Å². The molecule has 0 aliphatic rings. The molecule has 0 radical (unpaired) electrons. The van der Waals surface area contributed by atoms with Gasteiger partial charge in [0.15, 0.2) is 0 Å². The number of rotatable bonds is 6. The summed E-state index contributed by atoms with van der Waals surface area (Å²) in [6, 6.07) is 0. The van der Waals surface area contributed by atoms with E-state index in [1.54, 1.807) is 25.4 Å². The molecule has 0 saturated heterocycles. The summed E-state index contributed by atoms with van der Waals surface area (Å²) in [7, 11) is -3.71. The minimum Gasteiger partial charge on any atom is -0.355 e. The first kappa shape index (κ1) is 15.8. The molecule has 0 aliphatic carbocycles. The van der Waals surface area contributed by atoms with Crippen LogP contribution in [0.15, 0.2) is 28.9 Å². The first-order valence-electron chi connectivity index (χ1n) is 6.35. The monoisotopic (exact) mass is 327 g/mol. The Hall–Kier alpha value is -1.58. The Balaban J connectivity index is 2.22. The molecule has 0 atom stereocenters. The van der Waals surface area contributed by atoms with E-state index in [-0.39, 0.29) is 4.90 Å². The van der Waals surface area contributed by atoms with Crippen molar-refractivity contribution in [1.82, 2.24) is 19.7 Å². The van der Waals surface area contributed by atoms with Crippen LogP contribution in [0.1, 0.15) is 25.8 Å². The van der Waals surface area contributed by atoms with E-state index in [1.165, 1.54) is 23.7 Å². The number of sulfonamides is 1. The van der Waals surface area contributed by atoms with Gasteiger partial charge in [0, 0.05) is 18.1 Å². The topological polar surface area (TPSA) is 96.9 Å². The molecule has 0 bridgehead atoms. The van der Waals surface area contributed by atoms with Crippen molar-refractivity contribution in [2.75, 3.05) is 11.9 Å². The molecule has 2 aromatic heterocycles. The van der Waals surface area contributed by atoms with Crippen molar-refractivity contribution in [3.05, 3.63) is 29.0 Å². The second kappa shape index (κ2) is 6.04. The van der Waals surface area contributed by atoms with Crippen LogP contribution in [0, 0.1) is 0 Å². The number of nitrogens with one attached hydrogen (secondary N) is 2. The summed E-state index contributed by atoms with van der Waals surface area (Å²) in [6.45, 7) is 6.10. The van der Waals surface area contributed by atoms with Gasteiger partial charge < -0.3 is 5.32 Å². The second-order valence-corrected chi connectivity index (χ2v) is 7.42. The lowest BCUT2D eigenvalue weighted by Crippen LogP contribution is -2.40. The van der Waals surface area contributed by atoms with Gasteiger partial charge in [-0.3, -0.25) is 0 Å².